The van der Waals surface area contributed by atoms with Gasteiger partial charge in [-0.05, 0) is 19.4 Å². The Labute approximate surface area is 132 Å². The summed E-state index contributed by atoms with van der Waals surface area (Å²) in [6.45, 7) is 7.39. The SMILES string of the molecule is CCN(CC)B1C=CC=CC1.[Cl-].[Cl-].[Cl-].[Zr+3]. The Balaban J connectivity index is -0.000000151. The fourth-order valence-electron chi connectivity index (χ4n) is 1.53. The molecule has 0 spiro atoms. The van der Waals surface area contributed by atoms with Crippen molar-refractivity contribution in [3.63, 3.8) is 0 Å². The molecule has 0 fully saturated rings. The predicted molar refractivity (Wildman–Crippen MR) is 51.8 cm³/mol. The van der Waals surface area contributed by atoms with Gasteiger partial charge in [0.25, 0.3) is 6.85 Å². The summed E-state index contributed by atoms with van der Waals surface area (Å²) in [7, 11) is 0. The fourth-order valence-corrected chi connectivity index (χ4v) is 1.53. The van der Waals surface area contributed by atoms with Crippen molar-refractivity contribution < 1.29 is 63.4 Å². The first-order chi connectivity index (χ1) is 5.38. The van der Waals surface area contributed by atoms with Crippen molar-refractivity contribution in [3.05, 3.63) is 24.2 Å². The first kappa shape index (κ1) is 25.2. The zero-order valence-corrected chi connectivity index (χ0v) is 13.8. The average molecular weight is 347 g/mol. The number of nitrogens with zero attached hydrogens (tertiary/aromatic N) is 1. The van der Waals surface area contributed by atoms with Crippen LogP contribution in [0.4, 0.5) is 0 Å². The molecule has 6 heteroatoms. The summed E-state index contributed by atoms with van der Waals surface area (Å²) in [6, 6.07) is 0. The third kappa shape index (κ3) is 9.00. The zero-order valence-electron chi connectivity index (χ0n) is 9.09. The molecular weight excluding hydrogens is 331 g/mol. The van der Waals surface area contributed by atoms with Gasteiger partial charge in [-0.1, -0.05) is 38.1 Å². The molecule has 0 aromatic carbocycles. The van der Waals surface area contributed by atoms with Gasteiger partial charge in [-0.3, -0.25) is 0 Å². The van der Waals surface area contributed by atoms with Crippen LogP contribution in [0.5, 0.6) is 0 Å². The van der Waals surface area contributed by atoms with E-state index in [2.05, 4.69) is 42.9 Å². The Morgan fingerprint density at radius 1 is 1.07 bits per heavy atom. The van der Waals surface area contributed by atoms with E-state index in [1.54, 1.807) is 0 Å². The zero-order chi connectivity index (χ0) is 8.10. The number of rotatable bonds is 3. The van der Waals surface area contributed by atoms with Gasteiger partial charge in [-0.2, -0.15) is 0 Å². The summed E-state index contributed by atoms with van der Waals surface area (Å²) < 4.78 is 0. The molecule has 15 heavy (non-hydrogen) atoms. The van der Waals surface area contributed by atoms with Gasteiger partial charge in [0.15, 0.2) is 0 Å². The Kier molecular flexibility index (Phi) is 25.6. The van der Waals surface area contributed by atoms with Crippen molar-refractivity contribution in [1.29, 1.82) is 0 Å². The van der Waals surface area contributed by atoms with Crippen molar-refractivity contribution in [3.8, 4) is 0 Å². The topological polar surface area (TPSA) is 3.24 Å². The molecule has 1 aliphatic rings. The van der Waals surface area contributed by atoms with Gasteiger partial charge < -0.3 is 42.0 Å². The average Bonchev–Trinajstić information content (AvgIpc) is 2.09. The summed E-state index contributed by atoms with van der Waals surface area (Å²) in [5.74, 6) is 2.28. The normalized spacial score (nSPS) is 12.1. The first-order valence-electron chi connectivity index (χ1n) is 4.45. The third-order valence-corrected chi connectivity index (χ3v) is 2.24. The van der Waals surface area contributed by atoms with Crippen molar-refractivity contribution in [2.75, 3.05) is 13.1 Å². The summed E-state index contributed by atoms with van der Waals surface area (Å²) >= 11 is 0. The summed E-state index contributed by atoms with van der Waals surface area (Å²) in [4.78, 5) is 2.47. The van der Waals surface area contributed by atoms with Crippen LogP contribution in [0.15, 0.2) is 24.2 Å². The van der Waals surface area contributed by atoms with Crippen LogP contribution in [-0.2, 0) is 26.2 Å². The van der Waals surface area contributed by atoms with Crippen LogP contribution in [0.1, 0.15) is 13.8 Å². The fraction of sp³-hybridized carbons (Fsp3) is 0.556. The van der Waals surface area contributed by atoms with Crippen molar-refractivity contribution in [1.82, 2.24) is 4.81 Å². The maximum absolute atomic E-state index is 2.47. The van der Waals surface area contributed by atoms with E-state index >= 15 is 0 Å². The van der Waals surface area contributed by atoms with E-state index in [9.17, 15) is 0 Å². The van der Waals surface area contributed by atoms with Crippen LogP contribution >= 0.6 is 0 Å². The van der Waals surface area contributed by atoms with E-state index in [4.69, 9.17) is 0 Å². The van der Waals surface area contributed by atoms with Crippen LogP contribution in [0.25, 0.3) is 0 Å². The molecule has 0 saturated carbocycles. The van der Waals surface area contributed by atoms with E-state index in [0.717, 1.165) is 13.1 Å². The van der Waals surface area contributed by atoms with Crippen LogP contribution in [-0.4, -0.2) is 24.7 Å². The van der Waals surface area contributed by atoms with Crippen molar-refractivity contribution >= 4 is 6.85 Å². The Hall–Kier alpha value is 1.26. The van der Waals surface area contributed by atoms with E-state index in [0.29, 0.717) is 6.85 Å². The van der Waals surface area contributed by atoms with Gasteiger partial charge in [0, 0.05) is 0 Å². The Morgan fingerprint density at radius 3 is 1.93 bits per heavy atom. The molecule has 1 radical (unpaired) electrons. The molecule has 0 bridgehead atoms. The summed E-state index contributed by atoms with van der Waals surface area (Å²) in [5, 5.41) is 0. The molecule has 0 aliphatic carbocycles. The molecule has 85 valence electrons. The van der Waals surface area contributed by atoms with Gasteiger partial charge >= 0.3 is 26.2 Å². The van der Waals surface area contributed by atoms with Crippen LogP contribution in [0.3, 0.4) is 0 Å². The van der Waals surface area contributed by atoms with E-state index in [1.807, 2.05) is 0 Å². The molecular formula is C9H16BCl3NZr. The van der Waals surface area contributed by atoms with Gasteiger partial charge in [-0.25, -0.2) is 0 Å². The molecule has 0 amide bonds. The molecule has 0 unspecified atom stereocenters. The van der Waals surface area contributed by atoms with Crippen molar-refractivity contribution in [2.45, 2.75) is 20.2 Å². The molecule has 1 aliphatic heterocycles. The van der Waals surface area contributed by atoms with Gasteiger partial charge in [0.2, 0.25) is 0 Å². The molecule has 0 N–H and O–H groups in total. The van der Waals surface area contributed by atoms with E-state index < -0.39 is 0 Å². The molecule has 0 atom stereocenters. The maximum Gasteiger partial charge on any atom is 3.00 e. The van der Waals surface area contributed by atoms with Crippen LogP contribution in [0.2, 0.25) is 6.32 Å². The molecule has 0 saturated heterocycles. The molecule has 1 heterocycles. The number of allylic oxidation sites excluding steroid dienone is 3. The van der Waals surface area contributed by atoms with Crippen LogP contribution in [0, 0.1) is 0 Å². The van der Waals surface area contributed by atoms with E-state index in [-0.39, 0.29) is 63.4 Å². The monoisotopic (exact) mass is 344 g/mol. The predicted octanol–water partition coefficient (Wildman–Crippen LogP) is -7.01. The Morgan fingerprint density at radius 2 is 1.60 bits per heavy atom. The second-order valence-electron chi connectivity index (χ2n) is 2.84. The number of hydrogen-bond acceptors (Lipinski definition) is 1. The molecule has 0 aromatic rings. The van der Waals surface area contributed by atoms with Crippen LogP contribution < -0.4 is 37.2 Å². The van der Waals surface area contributed by atoms with Gasteiger partial charge in [0.05, 0.1) is 0 Å². The largest absolute Gasteiger partial charge is 3.00 e. The number of halogens is 3. The second-order valence-corrected chi connectivity index (χ2v) is 2.84. The van der Waals surface area contributed by atoms with Gasteiger partial charge in [0.1, 0.15) is 0 Å². The van der Waals surface area contributed by atoms with Crippen molar-refractivity contribution in [2.24, 2.45) is 0 Å². The third-order valence-electron chi connectivity index (χ3n) is 2.24. The maximum atomic E-state index is 2.47. The minimum absolute atomic E-state index is 0. The summed E-state index contributed by atoms with van der Waals surface area (Å²) in [6.07, 6.45) is 7.69. The summed E-state index contributed by atoms with van der Waals surface area (Å²) in [5.41, 5.74) is 0. The standard InChI is InChI=1S/C9H16BN.3ClH.Zr/c1-3-11(4-2)10-8-6-5-7-9-10;;;;/h5-8H,3-4,9H2,1-2H3;3*1H;/q;;;;+3/p-3. The first-order valence-corrected chi connectivity index (χ1v) is 4.45. The second kappa shape index (κ2) is 15.3. The van der Waals surface area contributed by atoms with Gasteiger partial charge in [-0.15, -0.1) is 0 Å². The molecule has 1 rings (SSSR count). The smallest absolute Gasteiger partial charge is 1.00 e. The molecule has 1 nitrogen and oxygen atoms in total. The van der Waals surface area contributed by atoms with E-state index in [1.165, 1.54) is 6.32 Å². The Bertz CT molecular complexity index is 175. The minimum Gasteiger partial charge on any atom is -1.00 e. The number of hydrogen-bond donors (Lipinski definition) is 0. The minimum atomic E-state index is 0. The quantitative estimate of drug-likeness (QED) is 0.459. The molecule has 0 aromatic heterocycles.